The van der Waals surface area contributed by atoms with E-state index in [9.17, 15) is 13.2 Å². The monoisotopic (exact) mass is 324 g/mol. The molecule has 7 heteroatoms. The molecule has 0 saturated carbocycles. The number of benzene rings is 1. The molecule has 22 heavy (non-hydrogen) atoms. The first-order chi connectivity index (χ1) is 10.4. The van der Waals surface area contributed by atoms with Crippen LogP contribution in [-0.2, 0) is 21.3 Å². The second-order valence-corrected chi connectivity index (χ2v) is 6.95. The van der Waals surface area contributed by atoms with Crippen LogP contribution in [0.5, 0.6) is 0 Å². The van der Waals surface area contributed by atoms with Crippen molar-refractivity contribution >= 4 is 26.8 Å². The van der Waals surface area contributed by atoms with E-state index in [1.807, 2.05) is 30.5 Å². The summed E-state index contributed by atoms with van der Waals surface area (Å²) < 4.78 is 29.8. The molecule has 120 valence electrons. The Morgan fingerprint density at radius 1 is 1.27 bits per heavy atom. The smallest absolute Gasteiger partial charge is 0.264 e. The van der Waals surface area contributed by atoms with Crippen LogP contribution in [0, 0.1) is 0 Å². The van der Waals surface area contributed by atoms with Gasteiger partial charge in [-0.25, -0.2) is 0 Å². The minimum absolute atomic E-state index is 0.0966. The number of aromatic amines is 1. The van der Waals surface area contributed by atoms with Crippen molar-refractivity contribution in [3.8, 4) is 0 Å². The summed E-state index contributed by atoms with van der Waals surface area (Å²) in [4.78, 5) is 15.1. The highest BCUT2D eigenvalue weighted by Crippen LogP contribution is 2.19. The number of hydrogen-bond acceptors (Lipinski definition) is 4. The number of H-pyrrole nitrogens is 1. The number of unbranched alkanes of at least 4 members (excludes halogenated alkanes) is 1. The van der Waals surface area contributed by atoms with E-state index in [-0.39, 0.29) is 24.4 Å². The molecular formula is C15H20N2O4S. The summed E-state index contributed by atoms with van der Waals surface area (Å²) in [6, 6.07) is 7.20. The van der Waals surface area contributed by atoms with Crippen molar-refractivity contribution in [3.63, 3.8) is 0 Å². The molecule has 0 fully saturated rings. The zero-order valence-corrected chi connectivity index (χ0v) is 13.0. The van der Waals surface area contributed by atoms with Crippen molar-refractivity contribution < 1.29 is 17.8 Å². The number of nitrogens with one attached hydrogen (secondary N) is 1. The Kier molecular flexibility index (Phi) is 5.33. The van der Waals surface area contributed by atoms with Gasteiger partial charge >= 0.3 is 0 Å². The molecule has 0 spiro atoms. The van der Waals surface area contributed by atoms with E-state index < -0.39 is 16.2 Å². The SMILES string of the molecule is N[C@@H](Cc1c[nH]c2ccccc12)C(=O)CCCCS(=O)(=O)O. The number of carbonyl (C=O) groups is 1. The molecule has 1 aromatic heterocycles. The second kappa shape index (κ2) is 7.04. The summed E-state index contributed by atoms with van der Waals surface area (Å²) in [7, 11) is -3.95. The first-order valence-electron chi connectivity index (χ1n) is 7.15. The molecule has 0 bridgehead atoms. The van der Waals surface area contributed by atoms with Crippen molar-refractivity contribution in [2.45, 2.75) is 31.7 Å². The van der Waals surface area contributed by atoms with Crippen LogP contribution in [0.25, 0.3) is 10.9 Å². The summed E-state index contributed by atoms with van der Waals surface area (Å²) in [5.74, 6) is -0.418. The zero-order valence-electron chi connectivity index (χ0n) is 12.2. The number of Topliss-reactive ketones (excluding diaryl/α,β-unsaturated/α-hetero) is 1. The van der Waals surface area contributed by atoms with E-state index in [0.29, 0.717) is 12.8 Å². The first-order valence-corrected chi connectivity index (χ1v) is 8.76. The third-order valence-electron chi connectivity index (χ3n) is 3.60. The van der Waals surface area contributed by atoms with Crippen molar-refractivity contribution in [1.82, 2.24) is 4.98 Å². The second-order valence-electron chi connectivity index (χ2n) is 5.38. The van der Waals surface area contributed by atoms with Crippen LogP contribution >= 0.6 is 0 Å². The van der Waals surface area contributed by atoms with E-state index in [2.05, 4.69) is 4.98 Å². The third kappa shape index (κ3) is 4.66. The topological polar surface area (TPSA) is 113 Å². The average molecular weight is 324 g/mol. The van der Waals surface area contributed by atoms with Gasteiger partial charge in [0.15, 0.2) is 0 Å². The maximum absolute atomic E-state index is 12.0. The van der Waals surface area contributed by atoms with Gasteiger partial charge in [-0.05, 0) is 30.9 Å². The number of rotatable bonds is 8. The fraction of sp³-hybridized carbons (Fsp3) is 0.400. The quantitative estimate of drug-likeness (QED) is 0.505. The van der Waals surface area contributed by atoms with Gasteiger partial charge in [0.25, 0.3) is 10.1 Å². The predicted octanol–water partition coefficient (Wildman–Crippen LogP) is 1.66. The van der Waals surface area contributed by atoms with Crippen molar-refractivity contribution in [3.05, 3.63) is 36.0 Å². The van der Waals surface area contributed by atoms with E-state index in [4.69, 9.17) is 10.3 Å². The fourth-order valence-electron chi connectivity index (χ4n) is 2.42. The summed E-state index contributed by atoms with van der Waals surface area (Å²) in [6.45, 7) is 0. The molecule has 0 saturated heterocycles. The Morgan fingerprint density at radius 2 is 2.00 bits per heavy atom. The van der Waals surface area contributed by atoms with Gasteiger partial charge in [0.2, 0.25) is 0 Å². The van der Waals surface area contributed by atoms with Crippen LogP contribution < -0.4 is 5.73 Å². The number of para-hydroxylation sites is 1. The molecule has 2 rings (SSSR count). The number of hydrogen-bond donors (Lipinski definition) is 3. The number of fused-ring (bicyclic) bond motifs is 1. The highest BCUT2D eigenvalue weighted by Gasteiger charge is 2.16. The zero-order chi connectivity index (χ0) is 16.2. The highest BCUT2D eigenvalue weighted by atomic mass is 32.2. The summed E-state index contributed by atoms with van der Waals surface area (Å²) in [5, 5.41) is 1.05. The molecule has 6 nitrogen and oxygen atoms in total. The van der Waals surface area contributed by atoms with Gasteiger partial charge in [-0.3, -0.25) is 9.35 Å². The molecule has 1 aromatic carbocycles. The van der Waals surface area contributed by atoms with E-state index in [1.54, 1.807) is 0 Å². The molecule has 0 unspecified atom stereocenters. The van der Waals surface area contributed by atoms with E-state index in [1.165, 1.54) is 0 Å². The highest BCUT2D eigenvalue weighted by molar-refractivity contribution is 7.85. The standard InChI is InChI=1S/C15H20N2O4S/c16-13(15(18)7-3-4-8-22(19,20)21)9-11-10-17-14-6-2-1-5-12(11)14/h1-2,5-6,10,13,17H,3-4,7-9,16H2,(H,19,20,21)/t13-/m0/s1. The molecule has 2 aromatic rings. The summed E-state index contributed by atoms with van der Waals surface area (Å²) >= 11 is 0. The average Bonchev–Trinajstić information content (AvgIpc) is 2.86. The lowest BCUT2D eigenvalue weighted by atomic mass is 9.99. The first kappa shape index (κ1) is 16.7. The Bertz CT molecular complexity index is 752. The van der Waals surface area contributed by atoms with Crippen molar-refractivity contribution in [2.75, 3.05) is 5.75 Å². The van der Waals surface area contributed by atoms with Gasteiger partial charge < -0.3 is 10.7 Å². The van der Waals surface area contributed by atoms with Crippen LogP contribution in [0.15, 0.2) is 30.5 Å². The molecule has 1 heterocycles. The lowest BCUT2D eigenvalue weighted by molar-refractivity contribution is -0.120. The van der Waals surface area contributed by atoms with Gasteiger partial charge in [-0.2, -0.15) is 8.42 Å². The number of aromatic nitrogens is 1. The van der Waals surface area contributed by atoms with Gasteiger partial charge in [-0.1, -0.05) is 18.2 Å². The number of nitrogens with two attached hydrogens (primary N) is 1. The van der Waals surface area contributed by atoms with Crippen LogP contribution in [0.2, 0.25) is 0 Å². The van der Waals surface area contributed by atoms with E-state index in [0.717, 1.165) is 16.5 Å². The lowest BCUT2D eigenvalue weighted by Gasteiger charge is -2.10. The van der Waals surface area contributed by atoms with Gasteiger partial charge in [-0.15, -0.1) is 0 Å². The van der Waals surface area contributed by atoms with Crippen LogP contribution in [-0.4, -0.2) is 35.5 Å². The minimum atomic E-state index is -3.95. The van der Waals surface area contributed by atoms with Crippen molar-refractivity contribution in [1.29, 1.82) is 0 Å². The fourth-order valence-corrected chi connectivity index (χ4v) is 2.99. The van der Waals surface area contributed by atoms with E-state index >= 15 is 0 Å². The number of carbonyl (C=O) groups excluding carboxylic acids is 1. The maximum atomic E-state index is 12.0. The molecule has 0 radical (unpaired) electrons. The molecule has 0 amide bonds. The normalized spacial score (nSPS) is 13.4. The van der Waals surface area contributed by atoms with Gasteiger partial charge in [0.05, 0.1) is 11.8 Å². The Morgan fingerprint density at radius 3 is 2.73 bits per heavy atom. The Balaban J connectivity index is 1.86. The lowest BCUT2D eigenvalue weighted by Crippen LogP contribution is -2.32. The maximum Gasteiger partial charge on any atom is 0.264 e. The summed E-state index contributed by atoms with van der Waals surface area (Å²) in [6.07, 6.45) is 3.18. The molecule has 1 atom stereocenters. The van der Waals surface area contributed by atoms with Gasteiger partial charge in [0.1, 0.15) is 5.78 Å². The third-order valence-corrected chi connectivity index (χ3v) is 4.41. The Hall–Kier alpha value is -1.70. The van der Waals surface area contributed by atoms with Crippen LogP contribution in [0.3, 0.4) is 0 Å². The van der Waals surface area contributed by atoms with Gasteiger partial charge in [0, 0.05) is 23.5 Å². The van der Waals surface area contributed by atoms with Crippen LogP contribution in [0.1, 0.15) is 24.8 Å². The van der Waals surface area contributed by atoms with Crippen LogP contribution in [0.4, 0.5) is 0 Å². The minimum Gasteiger partial charge on any atom is -0.361 e. The summed E-state index contributed by atoms with van der Waals surface area (Å²) in [5.41, 5.74) is 7.94. The molecule has 4 N–H and O–H groups in total. The Labute approximate surface area is 129 Å². The molecule has 0 aliphatic carbocycles. The predicted molar refractivity (Wildman–Crippen MR) is 85.3 cm³/mol. The molecule has 0 aliphatic rings. The largest absolute Gasteiger partial charge is 0.361 e. The van der Waals surface area contributed by atoms with Crippen molar-refractivity contribution in [2.24, 2.45) is 5.73 Å². The molecular weight excluding hydrogens is 304 g/mol. The molecule has 0 aliphatic heterocycles. The number of ketones is 1.